The van der Waals surface area contributed by atoms with Crippen LogP contribution < -0.4 is 4.80 Å². The van der Waals surface area contributed by atoms with Gasteiger partial charge >= 0.3 is 0 Å². The largest absolute Gasteiger partial charge is 0.330 e. The molecule has 23 heavy (non-hydrogen) atoms. The van der Waals surface area contributed by atoms with E-state index in [1.807, 2.05) is 41.8 Å². The van der Waals surface area contributed by atoms with Crippen LogP contribution in [-0.2, 0) is 0 Å². The normalized spacial score (nSPS) is 11.7. The van der Waals surface area contributed by atoms with Crippen molar-refractivity contribution in [3.8, 4) is 22.5 Å². The standard InChI is InChI=1S/C18H13N3S2/c1-3-7-13(8-4-1)15-11-22-17(19-15)21-18-20-16(12-23-18)14-9-5-2-6-10-14/h1-12H,(H,19,20,21). The Hall–Kier alpha value is -2.50. The zero-order valence-electron chi connectivity index (χ0n) is 12.1. The number of aromatic amines is 1. The zero-order chi connectivity index (χ0) is 15.5. The Morgan fingerprint density at radius 3 is 2.22 bits per heavy atom. The predicted molar refractivity (Wildman–Crippen MR) is 96.9 cm³/mol. The third-order valence-electron chi connectivity index (χ3n) is 3.37. The van der Waals surface area contributed by atoms with Crippen LogP contribution in [0.1, 0.15) is 0 Å². The first-order valence-electron chi connectivity index (χ1n) is 7.17. The number of nitrogens with one attached hydrogen (secondary N) is 1. The highest BCUT2D eigenvalue weighted by molar-refractivity contribution is 7.13. The number of aromatic nitrogens is 2. The molecule has 0 saturated carbocycles. The van der Waals surface area contributed by atoms with E-state index < -0.39 is 0 Å². The van der Waals surface area contributed by atoms with Crippen molar-refractivity contribution >= 4 is 27.8 Å². The summed E-state index contributed by atoms with van der Waals surface area (Å²) in [5, 5.41) is 4.89. The molecule has 0 radical (unpaired) electrons. The Kier molecular flexibility index (Phi) is 3.88. The Bertz CT molecular complexity index is 966. The van der Waals surface area contributed by atoms with Crippen LogP contribution in [0.25, 0.3) is 22.5 Å². The molecule has 0 aliphatic heterocycles. The molecular weight excluding hydrogens is 322 g/mol. The molecule has 0 aliphatic carbocycles. The molecule has 0 atom stereocenters. The zero-order valence-corrected chi connectivity index (χ0v) is 13.8. The van der Waals surface area contributed by atoms with Crippen molar-refractivity contribution < 1.29 is 0 Å². The first-order valence-corrected chi connectivity index (χ1v) is 8.93. The molecule has 2 aromatic heterocycles. The van der Waals surface area contributed by atoms with E-state index in [-0.39, 0.29) is 0 Å². The molecule has 3 nitrogen and oxygen atoms in total. The van der Waals surface area contributed by atoms with E-state index in [9.17, 15) is 0 Å². The van der Waals surface area contributed by atoms with Crippen molar-refractivity contribution in [2.75, 3.05) is 0 Å². The van der Waals surface area contributed by atoms with Crippen LogP contribution in [-0.4, -0.2) is 9.97 Å². The first-order chi connectivity index (χ1) is 11.4. The quantitative estimate of drug-likeness (QED) is 0.556. The van der Waals surface area contributed by atoms with Gasteiger partial charge in [0, 0.05) is 16.3 Å². The summed E-state index contributed by atoms with van der Waals surface area (Å²) in [5.74, 6) is 0. The van der Waals surface area contributed by atoms with E-state index in [0.29, 0.717) is 0 Å². The minimum Gasteiger partial charge on any atom is -0.330 e. The number of thiazole rings is 2. The maximum Gasteiger partial charge on any atom is 0.212 e. The molecule has 0 unspecified atom stereocenters. The SMILES string of the molecule is c1ccc(-c2csc(/N=c3\[nH]c(-c4ccccc4)cs3)n2)cc1. The van der Waals surface area contributed by atoms with Gasteiger partial charge in [0.25, 0.3) is 0 Å². The molecule has 0 aliphatic rings. The van der Waals surface area contributed by atoms with Crippen LogP contribution in [0.2, 0.25) is 0 Å². The molecule has 0 spiro atoms. The predicted octanol–water partition coefficient (Wildman–Crippen LogP) is 5.10. The summed E-state index contributed by atoms with van der Waals surface area (Å²) >= 11 is 3.14. The Balaban J connectivity index is 1.64. The van der Waals surface area contributed by atoms with E-state index in [0.717, 1.165) is 32.4 Å². The number of hydrogen-bond donors (Lipinski definition) is 1. The maximum atomic E-state index is 4.60. The molecule has 2 heterocycles. The molecule has 0 amide bonds. The Morgan fingerprint density at radius 2 is 1.48 bits per heavy atom. The number of nitrogens with zero attached hydrogens (tertiary/aromatic N) is 2. The molecule has 0 bridgehead atoms. The first kappa shape index (κ1) is 14.1. The second kappa shape index (κ2) is 6.32. The molecule has 112 valence electrons. The van der Waals surface area contributed by atoms with Crippen LogP contribution in [0.3, 0.4) is 0 Å². The van der Waals surface area contributed by atoms with E-state index >= 15 is 0 Å². The monoisotopic (exact) mass is 335 g/mol. The highest BCUT2D eigenvalue weighted by atomic mass is 32.1. The second-order valence-electron chi connectivity index (χ2n) is 4.94. The van der Waals surface area contributed by atoms with Crippen LogP contribution >= 0.6 is 22.7 Å². The lowest BCUT2D eigenvalue weighted by Gasteiger charge is -1.94. The van der Waals surface area contributed by atoms with Crippen LogP contribution in [0.15, 0.2) is 76.4 Å². The van der Waals surface area contributed by atoms with Crippen molar-refractivity contribution in [3.05, 3.63) is 76.2 Å². The number of hydrogen-bond acceptors (Lipinski definition) is 4. The highest BCUT2D eigenvalue weighted by Gasteiger charge is 2.04. The summed E-state index contributed by atoms with van der Waals surface area (Å²) in [6, 6.07) is 20.4. The van der Waals surface area contributed by atoms with Crippen molar-refractivity contribution in [2.45, 2.75) is 0 Å². The maximum absolute atomic E-state index is 4.60. The lowest BCUT2D eigenvalue weighted by molar-refractivity contribution is 1.21. The lowest BCUT2D eigenvalue weighted by atomic mass is 10.2. The number of benzene rings is 2. The van der Waals surface area contributed by atoms with Gasteiger partial charge in [-0.1, -0.05) is 60.7 Å². The molecule has 2 aromatic carbocycles. The van der Waals surface area contributed by atoms with Crippen molar-refractivity contribution in [1.82, 2.24) is 9.97 Å². The van der Waals surface area contributed by atoms with E-state index in [1.54, 1.807) is 22.7 Å². The van der Waals surface area contributed by atoms with Gasteiger partial charge in [0.1, 0.15) is 0 Å². The Labute approximate surface area is 141 Å². The van der Waals surface area contributed by atoms with E-state index in [2.05, 4.69) is 44.6 Å². The van der Waals surface area contributed by atoms with Gasteiger partial charge in [0.15, 0.2) is 4.80 Å². The lowest BCUT2D eigenvalue weighted by Crippen LogP contribution is -1.96. The molecule has 0 fully saturated rings. The van der Waals surface area contributed by atoms with Crippen molar-refractivity contribution in [2.24, 2.45) is 4.99 Å². The number of rotatable bonds is 3. The van der Waals surface area contributed by atoms with Gasteiger partial charge in [-0.25, -0.2) is 4.98 Å². The second-order valence-corrected chi connectivity index (χ2v) is 6.63. The molecule has 5 heteroatoms. The molecule has 4 rings (SSSR count). The minimum atomic E-state index is 0.765. The summed E-state index contributed by atoms with van der Waals surface area (Å²) in [5.41, 5.74) is 4.32. The molecule has 1 N–H and O–H groups in total. The average Bonchev–Trinajstić information content (AvgIpc) is 3.27. The van der Waals surface area contributed by atoms with Gasteiger partial charge in [-0.15, -0.1) is 22.7 Å². The summed E-state index contributed by atoms with van der Waals surface area (Å²) in [6.45, 7) is 0. The van der Waals surface area contributed by atoms with Gasteiger partial charge < -0.3 is 4.98 Å². The van der Waals surface area contributed by atoms with Gasteiger partial charge in [-0.05, 0) is 5.56 Å². The van der Waals surface area contributed by atoms with Crippen LogP contribution in [0, 0.1) is 0 Å². The summed E-state index contributed by atoms with van der Waals surface area (Å²) in [4.78, 5) is 13.4. The summed E-state index contributed by atoms with van der Waals surface area (Å²) in [6.07, 6.45) is 0. The fourth-order valence-electron chi connectivity index (χ4n) is 2.25. The number of H-pyrrole nitrogens is 1. The molecule has 4 aromatic rings. The fourth-order valence-corrected chi connectivity index (χ4v) is 3.74. The minimum absolute atomic E-state index is 0.765. The fraction of sp³-hybridized carbons (Fsp3) is 0. The molecular formula is C18H13N3S2. The summed E-state index contributed by atoms with van der Waals surface area (Å²) < 4.78 is 0. The van der Waals surface area contributed by atoms with E-state index in [1.165, 1.54) is 0 Å². The van der Waals surface area contributed by atoms with Gasteiger partial charge in [-0.3, -0.25) is 0 Å². The highest BCUT2D eigenvalue weighted by Crippen LogP contribution is 2.26. The van der Waals surface area contributed by atoms with Crippen molar-refractivity contribution in [3.63, 3.8) is 0 Å². The van der Waals surface area contributed by atoms with Gasteiger partial charge in [0.2, 0.25) is 5.13 Å². The van der Waals surface area contributed by atoms with Crippen LogP contribution in [0.5, 0.6) is 0 Å². The van der Waals surface area contributed by atoms with E-state index in [4.69, 9.17) is 0 Å². The van der Waals surface area contributed by atoms with Crippen LogP contribution in [0.4, 0.5) is 5.13 Å². The molecule has 0 saturated heterocycles. The summed E-state index contributed by atoms with van der Waals surface area (Å²) in [7, 11) is 0. The smallest absolute Gasteiger partial charge is 0.212 e. The topological polar surface area (TPSA) is 41.0 Å². The average molecular weight is 335 g/mol. The van der Waals surface area contributed by atoms with Gasteiger partial charge in [-0.2, -0.15) is 4.99 Å². The van der Waals surface area contributed by atoms with Crippen molar-refractivity contribution in [1.29, 1.82) is 0 Å². The third-order valence-corrected chi connectivity index (χ3v) is 4.88. The Morgan fingerprint density at radius 1 is 0.783 bits per heavy atom. The third kappa shape index (κ3) is 3.16. The van der Waals surface area contributed by atoms with Gasteiger partial charge in [0.05, 0.1) is 11.4 Å².